The highest BCUT2D eigenvalue weighted by atomic mass is 16.2. The Balaban J connectivity index is 1.59. The highest BCUT2D eigenvalue weighted by Gasteiger charge is 2.29. The normalized spacial score (nSPS) is 17.5. The Morgan fingerprint density at radius 3 is 2.31 bits per heavy atom. The van der Waals surface area contributed by atoms with E-state index in [1.165, 1.54) is 5.57 Å². The molecule has 5 heteroatoms. The van der Waals surface area contributed by atoms with Crippen molar-refractivity contribution in [3.05, 3.63) is 77.0 Å². The fraction of sp³-hybridized carbons (Fsp3) is 0.296. The number of aromatic nitrogens is 1. The number of carbonyl (C=O) groups is 2. The predicted octanol–water partition coefficient (Wildman–Crippen LogP) is 4.42. The van der Waals surface area contributed by atoms with Crippen LogP contribution < -0.4 is 0 Å². The average Bonchev–Trinajstić information content (AvgIpc) is 2.83. The Morgan fingerprint density at radius 1 is 0.875 bits per heavy atom. The number of rotatable bonds is 2. The molecule has 1 aliphatic heterocycles. The van der Waals surface area contributed by atoms with Gasteiger partial charge in [0.1, 0.15) is 0 Å². The SMILES string of the molecule is CC(=O)N1CCN(C(=O)c2c3c(nc4ccccc24)/C(=C/c2ccccc2)CCC3)CC1. The van der Waals surface area contributed by atoms with Crippen molar-refractivity contribution in [2.75, 3.05) is 26.2 Å². The van der Waals surface area contributed by atoms with Crippen LogP contribution in [-0.4, -0.2) is 52.8 Å². The van der Waals surface area contributed by atoms with Crippen molar-refractivity contribution in [2.45, 2.75) is 26.2 Å². The third-order valence-corrected chi connectivity index (χ3v) is 6.54. The van der Waals surface area contributed by atoms with Gasteiger partial charge in [0.05, 0.1) is 16.8 Å². The van der Waals surface area contributed by atoms with Gasteiger partial charge in [0.2, 0.25) is 5.91 Å². The van der Waals surface area contributed by atoms with Crippen LogP contribution in [0.1, 0.15) is 46.9 Å². The van der Waals surface area contributed by atoms with E-state index < -0.39 is 0 Å². The van der Waals surface area contributed by atoms with Crippen LogP contribution in [0, 0.1) is 0 Å². The minimum absolute atomic E-state index is 0.0593. The van der Waals surface area contributed by atoms with E-state index >= 15 is 0 Å². The maximum absolute atomic E-state index is 13.8. The number of pyridine rings is 1. The molecule has 1 aromatic heterocycles. The van der Waals surface area contributed by atoms with Crippen molar-refractivity contribution in [1.29, 1.82) is 0 Å². The molecule has 0 atom stereocenters. The van der Waals surface area contributed by atoms with Crippen molar-refractivity contribution >= 4 is 34.4 Å². The largest absolute Gasteiger partial charge is 0.339 e. The molecule has 1 fully saturated rings. The highest BCUT2D eigenvalue weighted by molar-refractivity contribution is 6.09. The molecular formula is C27H27N3O2. The van der Waals surface area contributed by atoms with Gasteiger partial charge in [-0.1, -0.05) is 48.5 Å². The number of para-hydroxylation sites is 1. The van der Waals surface area contributed by atoms with Gasteiger partial charge in [0, 0.05) is 38.5 Å². The van der Waals surface area contributed by atoms with E-state index in [9.17, 15) is 9.59 Å². The van der Waals surface area contributed by atoms with Crippen LogP contribution in [-0.2, 0) is 11.2 Å². The van der Waals surface area contributed by atoms with Crippen LogP contribution in [0.4, 0.5) is 0 Å². The lowest BCUT2D eigenvalue weighted by Crippen LogP contribution is -2.50. The van der Waals surface area contributed by atoms with Gasteiger partial charge in [-0.25, -0.2) is 4.98 Å². The molecule has 1 aliphatic carbocycles. The zero-order valence-corrected chi connectivity index (χ0v) is 18.4. The van der Waals surface area contributed by atoms with Gasteiger partial charge in [0.15, 0.2) is 0 Å². The Bertz CT molecular complexity index is 1210. The maximum atomic E-state index is 13.8. The summed E-state index contributed by atoms with van der Waals surface area (Å²) in [5.41, 5.74) is 6.02. The molecule has 0 spiro atoms. The summed E-state index contributed by atoms with van der Waals surface area (Å²) in [5, 5.41) is 0.922. The topological polar surface area (TPSA) is 53.5 Å². The minimum Gasteiger partial charge on any atom is -0.339 e. The van der Waals surface area contributed by atoms with Crippen molar-refractivity contribution in [2.24, 2.45) is 0 Å². The molecular weight excluding hydrogens is 398 g/mol. The number of hydrogen-bond acceptors (Lipinski definition) is 3. The molecule has 2 heterocycles. The summed E-state index contributed by atoms with van der Waals surface area (Å²) in [6.45, 7) is 3.90. The van der Waals surface area contributed by atoms with Crippen LogP contribution in [0.3, 0.4) is 0 Å². The summed E-state index contributed by atoms with van der Waals surface area (Å²) in [6, 6.07) is 18.3. The summed E-state index contributed by atoms with van der Waals surface area (Å²) in [6.07, 6.45) is 5.02. The summed E-state index contributed by atoms with van der Waals surface area (Å²) in [5.74, 6) is 0.128. The van der Waals surface area contributed by atoms with Gasteiger partial charge in [-0.15, -0.1) is 0 Å². The van der Waals surface area contributed by atoms with Gasteiger partial charge in [-0.2, -0.15) is 0 Å². The number of piperazine rings is 1. The zero-order chi connectivity index (χ0) is 22.1. The molecule has 0 bridgehead atoms. The van der Waals surface area contributed by atoms with Gasteiger partial charge in [0.25, 0.3) is 5.91 Å². The third kappa shape index (κ3) is 3.79. The van der Waals surface area contributed by atoms with Crippen molar-refractivity contribution in [3.8, 4) is 0 Å². The zero-order valence-electron chi connectivity index (χ0n) is 18.4. The van der Waals surface area contributed by atoms with Crippen LogP contribution in [0.25, 0.3) is 22.6 Å². The number of carbonyl (C=O) groups excluding carboxylic acids is 2. The molecule has 162 valence electrons. The second-order valence-corrected chi connectivity index (χ2v) is 8.56. The lowest BCUT2D eigenvalue weighted by atomic mass is 9.85. The van der Waals surface area contributed by atoms with E-state index in [1.54, 1.807) is 6.92 Å². The molecule has 0 N–H and O–H groups in total. The maximum Gasteiger partial charge on any atom is 0.255 e. The van der Waals surface area contributed by atoms with E-state index in [1.807, 2.05) is 52.3 Å². The number of fused-ring (bicyclic) bond motifs is 2. The van der Waals surface area contributed by atoms with Crippen molar-refractivity contribution in [1.82, 2.24) is 14.8 Å². The van der Waals surface area contributed by atoms with Crippen LogP contribution in [0.5, 0.6) is 0 Å². The first-order valence-corrected chi connectivity index (χ1v) is 11.3. The lowest BCUT2D eigenvalue weighted by molar-refractivity contribution is -0.130. The van der Waals surface area contributed by atoms with Gasteiger partial charge >= 0.3 is 0 Å². The predicted molar refractivity (Wildman–Crippen MR) is 127 cm³/mol. The van der Waals surface area contributed by atoms with Crippen molar-refractivity contribution < 1.29 is 9.59 Å². The Morgan fingerprint density at radius 2 is 1.56 bits per heavy atom. The van der Waals surface area contributed by atoms with Gasteiger partial charge in [-0.3, -0.25) is 9.59 Å². The molecule has 0 saturated carbocycles. The Labute approximate surface area is 188 Å². The first-order valence-electron chi connectivity index (χ1n) is 11.3. The first kappa shape index (κ1) is 20.4. The van der Waals surface area contributed by atoms with E-state index in [4.69, 9.17) is 4.98 Å². The average molecular weight is 426 g/mol. The third-order valence-electron chi connectivity index (χ3n) is 6.54. The Kier molecular flexibility index (Phi) is 5.48. The van der Waals surface area contributed by atoms with E-state index in [2.05, 4.69) is 18.2 Å². The van der Waals surface area contributed by atoms with Crippen LogP contribution in [0.15, 0.2) is 54.6 Å². The summed E-state index contributed by atoms with van der Waals surface area (Å²) in [4.78, 5) is 34.2. The number of amides is 2. The molecule has 0 unspecified atom stereocenters. The molecule has 1 saturated heterocycles. The van der Waals surface area contributed by atoms with Crippen molar-refractivity contribution in [3.63, 3.8) is 0 Å². The van der Waals surface area contributed by atoms with Gasteiger partial charge < -0.3 is 9.80 Å². The smallest absolute Gasteiger partial charge is 0.255 e. The van der Waals surface area contributed by atoms with Crippen LogP contribution in [0.2, 0.25) is 0 Å². The first-order chi connectivity index (χ1) is 15.6. The fourth-order valence-electron chi connectivity index (χ4n) is 4.85. The Hall–Kier alpha value is -3.47. The second-order valence-electron chi connectivity index (χ2n) is 8.56. The quantitative estimate of drug-likeness (QED) is 0.611. The molecule has 2 aromatic carbocycles. The van der Waals surface area contributed by atoms with Crippen LogP contribution >= 0.6 is 0 Å². The summed E-state index contributed by atoms with van der Waals surface area (Å²) in [7, 11) is 0. The van der Waals surface area contributed by atoms with Gasteiger partial charge in [-0.05, 0) is 48.1 Å². The standard InChI is InChI=1S/C27H27N3O2/c1-19(31)29-14-16-30(17-15-29)27(32)25-22-11-5-6-13-24(22)28-26-21(10-7-12-23(25)26)18-20-8-3-2-4-9-20/h2-6,8-9,11,13,18H,7,10,12,14-17H2,1H3/b21-18+. The molecule has 5 rings (SSSR count). The molecule has 2 amide bonds. The number of allylic oxidation sites excluding steroid dienone is 1. The fourth-order valence-corrected chi connectivity index (χ4v) is 4.85. The number of nitrogens with zero attached hydrogens (tertiary/aromatic N) is 3. The molecule has 32 heavy (non-hydrogen) atoms. The molecule has 5 nitrogen and oxygen atoms in total. The molecule has 2 aliphatic rings. The van der Waals surface area contributed by atoms with E-state index in [-0.39, 0.29) is 11.8 Å². The van der Waals surface area contributed by atoms with E-state index in [0.29, 0.717) is 26.2 Å². The summed E-state index contributed by atoms with van der Waals surface area (Å²) < 4.78 is 0. The molecule has 3 aromatic rings. The summed E-state index contributed by atoms with van der Waals surface area (Å²) >= 11 is 0. The minimum atomic E-state index is 0.0593. The number of benzene rings is 2. The lowest BCUT2D eigenvalue weighted by Gasteiger charge is -2.35. The van der Waals surface area contributed by atoms with E-state index in [0.717, 1.165) is 52.5 Å². The monoisotopic (exact) mass is 425 g/mol. The second kappa shape index (κ2) is 8.58. The highest BCUT2D eigenvalue weighted by Crippen LogP contribution is 2.36. The molecule has 0 radical (unpaired) electrons. The number of hydrogen-bond donors (Lipinski definition) is 0.